The van der Waals surface area contributed by atoms with Gasteiger partial charge in [-0.3, -0.25) is 0 Å². The van der Waals surface area contributed by atoms with E-state index in [4.69, 9.17) is 0 Å². The Labute approximate surface area is 102 Å². The van der Waals surface area contributed by atoms with Gasteiger partial charge in [-0.2, -0.15) is 0 Å². The van der Waals surface area contributed by atoms with E-state index in [1.165, 1.54) is 45.2 Å². The van der Waals surface area contributed by atoms with Crippen LogP contribution < -0.4 is 5.32 Å². The minimum Gasteiger partial charge on any atom is -0.316 e. The summed E-state index contributed by atoms with van der Waals surface area (Å²) in [7, 11) is 0. The van der Waals surface area contributed by atoms with Crippen LogP contribution in [0.5, 0.6) is 0 Å². The van der Waals surface area contributed by atoms with Gasteiger partial charge in [-0.05, 0) is 43.2 Å². The molecule has 0 spiro atoms. The summed E-state index contributed by atoms with van der Waals surface area (Å²) < 4.78 is 0. The maximum absolute atomic E-state index is 3.58. The molecule has 1 aliphatic carbocycles. The fourth-order valence-corrected chi connectivity index (χ4v) is 2.84. The number of hydrogen-bond donors (Lipinski definition) is 1. The second-order valence-corrected chi connectivity index (χ2v) is 6.52. The smallest absolute Gasteiger partial charge is 0.00229 e. The fourth-order valence-electron chi connectivity index (χ4n) is 2.84. The Morgan fingerprint density at radius 2 is 1.62 bits per heavy atom. The third kappa shape index (κ3) is 5.89. The molecule has 1 atom stereocenters. The monoisotopic (exact) mass is 225 g/mol. The van der Waals surface area contributed by atoms with Crippen LogP contribution >= 0.6 is 0 Å². The third-order valence-electron chi connectivity index (χ3n) is 3.92. The van der Waals surface area contributed by atoms with Crippen LogP contribution in [0.1, 0.15) is 59.8 Å². The van der Waals surface area contributed by atoms with Crippen LogP contribution in [0, 0.1) is 23.7 Å². The van der Waals surface area contributed by atoms with E-state index >= 15 is 0 Å². The van der Waals surface area contributed by atoms with E-state index in [0.29, 0.717) is 0 Å². The van der Waals surface area contributed by atoms with E-state index < -0.39 is 0 Å². The highest BCUT2D eigenvalue weighted by molar-refractivity contribution is 4.72. The van der Waals surface area contributed by atoms with Crippen molar-refractivity contribution in [1.29, 1.82) is 0 Å². The molecule has 1 unspecified atom stereocenters. The normalized spacial score (nSPS) is 28.3. The Morgan fingerprint density at radius 3 is 2.19 bits per heavy atom. The molecule has 0 aliphatic heterocycles. The molecule has 0 bridgehead atoms. The molecule has 1 aliphatic rings. The van der Waals surface area contributed by atoms with Gasteiger partial charge in [-0.1, -0.05) is 53.4 Å². The van der Waals surface area contributed by atoms with Gasteiger partial charge in [0.2, 0.25) is 0 Å². The molecule has 0 aromatic heterocycles. The summed E-state index contributed by atoms with van der Waals surface area (Å²) in [5, 5.41) is 3.58. The van der Waals surface area contributed by atoms with Crippen LogP contribution in [0.2, 0.25) is 0 Å². The van der Waals surface area contributed by atoms with Crippen LogP contribution in [0.3, 0.4) is 0 Å². The molecular weight excluding hydrogens is 194 g/mol. The van der Waals surface area contributed by atoms with Crippen molar-refractivity contribution in [3.63, 3.8) is 0 Å². The van der Waals surface area contributed by atoms with E-state index in [2.05, 4.69) is 33.0 Å². The highest BCUT2D eigenvalue weighted by Crippen LogP contribution is 2.32. The van der Waals surface area contributed by atoms with Gasteiger partial charge in [0.05, 0.1) is 0 Å². The van der Waals surface area contributed by atoms with Gasteiger partial charge in [-0.15, -0.1) is 0 Å². The summed E-state index contributed by atoms with van der Waals surface area (Å²) >= 11 is 0. The minimum atomic E-state index is 0.780. The van der Waals surface area contributed by atoms with E-state index in [-0.39, 0.29) is 0 Å². The van der Waals surface area contributed by atoms with Crippen molar-refractivity contribution in [2.45, 2.75) is 59.8 Å². The molecule has 0 aromatic rings. The lowest BCUT2D eigenvalue weighted by Gasteiger charge is -2.28. The van der Waals surface area contributed by atoms with Gasteiger partial charge >= 0.3 is 0 Å². The molecular formula is C15H31N. The second-order valence-electron chi connectivity index (χ2n) is 6.52. The van der Waals surface area contributed by atoms with Crippen LogP contribution in [0.15, 0.2) is 0 Å². The predicted octanol–water partition coefficient (Wildman–Crippen LogP) is 4.08. The summed E-state index contributed by atoms with van der Waals surface area (Å²) in [5.74, 6) is 3.65. The van der Waals surface area contributed by atoms with Gasteiger partial charge < -0.3 is 5.32 Å². The Morgan fingerprint density at radius 1 is 1.00 bits per heavy atom. The third-order valence-corrected chi connectivity index (χ3v) is 3.92. The van der Waals surface area contributed by atoms with Gasteiger partial charge in [0.25, 0.3) is 0 Å². The zero-order valence-electron chi connectivity index (χ0n) is 11.8. The van der Waals surface area contributed by atoms with Crippen LogP contribution in [0.4, 0.5) is 0 Å². The largest absolute Gasteiger partial charge is 0.316 e. The Balaban J connectivity index is 2.07. The molecule has 1 N–H and O–H groups in total. The molecule has 0 radical (unpaired) electrons. The second kappa shape index (κ2) is 7.32. The van der Waals surface area contributed by atoms with Gasteiger partial charge in [0, 0.05) is 0 Å². The first kappa shape index (κ1) is 14.0. The molecule has 0 heterocycles. The molecule has 0 amide bonds. The molecule has 1 heteroatoms. The summed E-state index contributed by atoms with van der Waals surface area (Å²) in [6.07, 6.45) is 7.34. The molecule has 1 rings (SSSR count). The maximum atomic E-state index is 3.58. The molecule has 96 valence electrons. The fraction of sp³-hybridized carbons (Fsp3) is 1.00. The van der Waals surface area contributed by atoms with E-state index in [9.17, 15) is 0 Å². The van der Waals surface area contributed by atoms with Gasteiger partial charge in [-0.25, -0.2) is 0 Å². The van der Waals surface area contributed by atoms with Crippen LogP contribution in [-0.4, -0.2) is 13.1 Å². The lowest BCUT2D eigenvalue weighted by molar-refractivity contribution is 0.248. The van der Waals surface area contributed by atoms with E-state index in [1.807, 2.05) is 0 Å². The van der Waals surface area contributed by atoms with Crippen LogP contribution in [0.25, 0.3) is 0 Å². The number of rotatable bonds is 6. The average Bonchev–Trinajstić information content (AvgIpc) is 2.21. The van der Waals surface area contributed by atoms with E-state index in [1.54, 1.807) is 0 Å². The van der Waals surface area contributed by atoms with Crippen molar-refractivity contribution in [2.24, 2.45) is 23.7 Å². The van der Waals surface area contributed by atoms with Crippen molar-refractivity contribution in [1.82, 2.24) is 5.32 Å². The molecule has 1 nitrogen and oxygen atoms in total. The van der Waals surface area contributed by atoms with Crippen molar-refractivity contribution in [3.8, 4) is 0 Å². The quantitative estimate of drug-likeness (QED) is 0.718. The Hall–Kier alpha value is -0.0400. The summed E-state index contributed by atoms with van der Waals surface area (Å²) in [6.45, 7) is 11.8. The van der Waals surface area contributed by atoms with Crippen LogP contribution in [-0.2, 0) is 0 Å². The van der Waals surface area contributed by atoms with Crippen molar-refractivity contribution >= 4 is 0 Å². The highest BCUT2D eigenvalue weighted by atomic mass is 14.9. The van der Waals surface area contributed by atoms with Crippen molar-refractivity contribution < 1.29 is 0 Å². The molecule has 0 aromatic carbocycles. The van der Waals surface area contributed by atoms with E-state index in [0.717, 1.165) is 23.7 Å². The lowest BCUT2D eigenvalue weighted by atomic mass is 9.79. The van der Waals surface area contributed by atoms with Crippen molar-refractivity contribution in [2.75, 3.05) is 13.1 Å². The number of hydrogen-bond acceptors (Lipinski definition) is 1. The van der Waals surface area contributed by atoms with Gasteiger partial charge in [0.15, 0.2) is 0 Å². The topological polar surface area (TPSA) is 12.0 Å². The summed E-state index contributed by atoms with van der Waals surface area (Å²) in [6, 6.07) is 0. The highest BCUT2D eigenvalue weighted by Gasteiger charge is 2.19. The first-order valence-electron chi connectivity index (χ1n) is 7.28. The molecule has 1 saturated carbocycles. The summed E-state index contributed by atoms with van der Waals surface area (Å²) in [5.41, 5.74) is 0. The maximum Gasteiger partial charge on any atom is -0.00229 e. The predicted molar refractivity (Wildman–Crippen MR) is 72.6 cm³/mol. The molecule has 1 fully saturated rings. The SMILES string of the molecule is CC(C)CNCC(C)CC1CCC(C)CC1. The Bertz CT molecular complexity index is 168. The zero-order chi connectivity index (χ0) is 12.0. The lowest BCUT2D eigenvalue weighted by Crippen LogP contribution is -2.27. The molecule has 0 saturated heterocycles. The Kier molecular flexibility index (Phi) is 6.41. The first-order chi connectivity index (χ1) is 7.58. The number of nitrogens with one attached hydrogen (secondary N) is 1. The van der Waals surface area contributed by atoms with Gasteiger partial charge in [0.1, 0.15) is 0 Å². The summed E-state index contributed by atoms with van der Waals surface area (Å²) in [4.78, 5) is 0. The molecule has 16 heavy (non-hydrogen) atoms. The minimum absolute atomic E-state index is 0.780. The average molecular weight is 225 g/mol. The first-order valence-corrected chi connectivity index (χ1v) is 7.28. The van der Waals surface area contributed by atoms with Crippen molar-refractivity contribution in [3.05, 3.63) is 0 Å². The zero-order valence-corrected chi connectivity index (χ0v) is 11.8. The standard InChI is InChI=1S/C15H31N/c1-12(2)10-16-11-14(4)9-15-7-5-13(3)6-8-15/h12-16H,5-11H2,1-4H3.